The SMILES string of the molecule is CC12CC3N=NC(C(=O)O)C3CC1C2. The van der Waals surface area contributed by atoms with E-state index in [1.807, 2.05) is 0 Å². The van der Waals surface area contributed by atoms with Crippen LogP contribution in [0.15, 0.2) is 10.2 Å². The largest absolute Gasteiger partial charge is 0.480 e. The second kappa shape index (κ2) is 2.35. The summed E-state index contributed by atoms with van der Waals surface area (Å²) in [6.07, 6.45) is 3.34. The Morgan fingerprint density at radius 1 is 1.43 bits per heavy atom. The highest BCUT2D eigenvalue weighted by Gasteiger charge is 2.59. The van der Waals surface area contributed by atoms with Gasteiger partial charge in [-0.2, -0.15) is 10.2 Å². The van der Waals surface area contributed by atoms with E-state index in [1.165, 1.54) is 6.42 Å². The van der Waals surface area contributed by atoms with E-state index in [2.05, 4.69) is 17.2 Å². The number of fused-ring (bicyclic) bond motifs is 2. The van der Waals surface area contributed by atoms with Gasteiger partial charge in [0.25, 0.3) is 0 Å². The van der Waals surface area contributed by atoms with Crippen LogP contribution in [0.1, 0.15) is 26.2 Å². The first-order chi connectivity index (χ1) is 6.60. The highest BCUT2D eigenvalue weighted by molar-refractivity contribution is 5.74. The van der Waals surface area contributed by atoms with Crippen molar-refractivity contribution in [1.82, 2.24) is 0 Å². The number of rotatable bonds is 1. The molecular formula is C10H14N2O2. The van der Waals surface area contributed by atoms with Crippen molar-refractivity contribution in [3.63, 3.8) is 0 Å². The fourth-order valence-electron chi connectivity index (χ4n) is 3.18. The third kappa shape index (κ3) is 0.967. The molecule has 1 heterocycles. The molecule has 0 saturated heterocycles. The summed E-state index contributed by atoms with van der Waals surface area (Å²) in [5, 5.41) is 17.0. The lowest BCUT2D eigenvalue weighted by Crippen LogP contribution is -2.35. The second-order valence-electron chi connectivity index (χ2n) is 5.24. The number of azo groups is 1. The molecule has 0 amide bonds. The van der Waals surface area contributed by atoms with E-state index in [9.17, 15) is 4.79 Å². The van der Waals surface area contributed by atoms with E-state index < -0.39 is 12.0 Å². The Bertz CT molecular complexity index is 328. The third-order valence-electron chi connectivity index (χ3n) is 4.26. The van der Waals surface area contributed by atoms with E-state index in [-0.39, 0.29) is 12.0 Å². The first kappa shape index (κ1) is 8.38. The van der Waals surface area contributed by atoms with Crippen LogP contribution in [-0.2, 0) is 4.79 Å². The number of nitrogens with zero attached hydrogens (tertiary/aromatic N) is 2. The molecule has 1 N–H and O–H groups in total. The van der Waals surface area contributed by atoms with Gasteiger partial charge in [0.05, 0.1) is 6.04 Å². The summed E-state index contributed by atoms with van der Waals surface area (Å²) in [7, 11) is 0. The monoisotopic (exact) mass is 194 g/mol. The van der Waals surface area contributed by atoms with Gasteiger partial charge in [-0.25, -0.2) is 4.79 Å². The molecule has 3 rings (SSSR count). The Hall–Kier alpha value is -0.930. The fraction of sp³-hybridized carbons (Fsp3) is 0.900. The Labute approximate surface area is 82.4 Å². The average molecular weight is 194 g/mol. The topological polar surface area (TPSA) is 62.0 Å². The van der Waals surface area contributed by atoms with Gasteiger partial charge in [0.1, 0.15) is 0 Å². The zero-order chi connectivity index (χ0) is 9.92. The van der Waals surface area contributed by atoms with Crippen molar-refractivity contribution in [1.29, 1.82) is 0 Å². The molecule has 5 unspecified atom stereocenters. The van der Waals surface area contributed by atoms with E-state index >= 15 is 0 Å². The van der Waals surface area contributed by atoms with Crippen molar-refractivity contribution in [3.05, 3.63) is 0 Å². The summed E-state index contributed by atoms with van der Waals surface area (Å²) in [4.78, 5) is 10.9. The standard InChI is InChI=1S/C10H14N2O2/c1-10-3-5(10)2-6-7(4-10)11-12-8(6)9(13)14/h5-8H,2-4H2,1H3,(H,13,14). The van der Waals surface area contributed by atoms with Crippen LogP contribution >= 0.6 is 0 Å². The van der Waals surface area contributed by atoms with Crippen LogP contribution in [0.2, 0.25) is 0 Å². The smallest absolute Gasteiger partial charge is 0.330 e. The van der Waals surface area contributed by atoms with Gasteiger partial charge in [-0.15, -0.1) is 0 Å². The number of hydrogen-bond donors (Lipinski definition) is 1. The van der Waals surface area contributed by atoms with Gasteiger partial charge >= 0.3 is 5.97 Å². The van der Waals surface area contributed by atoms with Gasteiger partial charge in [-0.05, 0) is 30.6 Å². The van der Waals surface area contributed by atoms with Gasteiger partial charge in [0.15, 0.2) is 6.04 Å². The molecule has 14 heavy (non-hydrogen) atoms. The van der Waals surface area contributed by atoms with Crippen LogP contribution in [0.3, 0.4) is 0 Å². The van der Waals surface area contributed by atoms with Crippen molar-refractivity contribution in [3.8, 4) is 0 Å². The Morgan fingerprint density at radius 2 is 2.21 bits per heavy atom. The summed E-state index contributed by atoms with van der Waals surface area (Å²) >= 11 is 0. The number of aliphatic carboxylic acids is 1. The predicted octanol–water partition coefficient (Wildman–Crippen LogP) is 1.71. The van der Waals surface area contributed by atoms with Crippen LogP contribution in [0.25, 0.3) is 0 Å². The van der Waals surface area contributed by atoms with E-state index in [0.29, 0.717) is 5.41 Å². The van der Waals surface area contributed by atoms with Crippen LogP contribution in [0.5, 0.6) is 0 Å². The molecule has 0 aromatic heterocycles. The van der Waals surface area contributed by atoms with E-state index in [1.54, 1.807) is 0 Å². The molecule has 4 nitrogen and oxygen atoms in total. The first-order valence-electron chi connectivity index (χ1n) is 5.23. The summed E-state index contributed by atoms with van der Waals surface area (Å²) in [5.41, 5.74) is 0.466. The van der Waals surface area contributed by atoms with Crippen LogP contribution < -0.4 is 0 Å². The van der Waals surface area contributed by atoms with Gasteiger partial charge in [-0.3, -0.25) is 0 Å². The molecular weight excluding hydrogens is 180 g/mol. The van der Waals surface area contributed by atoms with Gasteiger partial charge in [0, 0.05) is 5.92 Å². The number of carboxylic acid groups (broad SMARTS) is 1. The lowest BCUT2D eigenvalue weighted by molar-refractivity contribution is -0.139. The molecule has 0 aromatic rings. The van der Waals surface area contributed by atoms with Crippen LogP contribution in [0, 0.1) is 17.3 Å². The molecule has 0 spiro atoms. The van der Waals surface area contributed by atoms with Gasteiger partial charge in [0.2, 0.25) is 0 Å². The number of hydrogen-bond acceptors (Lipinski definition) is 3. The third-order valence-corrected chi connectivity index (χ3v) is 4.26. The summed E-state index contributed by atoms with van der Waals surface area (Å²) in [5.74, 6) is 0.132. The maximum absolute atomic E-state index is 10.9. The fourth-order valence-corrected chi connectivity index (χ4v) is 3.18. The zero-order valence-electron chi connectivity index (χ0n) is 8.18. The molecule has 3 aliphatic rings. The van der Waals surface area contributed by atoms with Crippen molar-refractivity contribution < 1.29 is 9.90 Å². The van der Waals surface area contributed by atoms with E-state index in [4.69, 9.17) is 5.11 Å². The molecule has 2 saturated carbocycles. The van der Waals surface area contributed by atoms with Gasteiger partial charge < -0.3 is 5.11 Å². The van der Waals surface area contributed by atoms with Crippen LogP contribution in [-0.4, -0.2) is 23.2 Å². The molecule has 0 bridgehead atoms. The maximum atomic E-state index is 10.9. The molecule has 0 radical (unpaired) electrons. The molecule has 4 heteroatoms. The van der Waals surface area contributed by atoms with Crippen molar-refractivity contribution in [2.45, 2.75) is 38.3 Å². The lowest BCUT2D eigenvalue weighted by atomic mass is 9.77. The highest BCUT2D eigenvalue weighted by atomic mass is 16.4. The molecule has 2 aliphatic carbocycles. The number of carbonyl (C=O) groups is 1. The average Bonchev–Trinajstić information content (AvgIpc) is 2.57. The van der Waals surface area contributed by atoms with Crippen LogP contribution in [0.4, 0.5) is 0 Å². The molecule has 1 aliphatic heterocycles. The Morgan fingerprint density at radius 3 is 2.93 bits per heavy atom. The highest BCUT2D eigenvalue weighted by Crippen LogP contribution is 2.64. The summed E-state index contributed by atoms with van der Waals surface area (Å²) in [6.45, 7) is 2.29. The minimum atomic E-state index is -0.800. The zero-order valence-corrected chi connectivity index (χ0v) is 8.18. The van der Waals surface area contributed by atoms with E-state index in [0.717, 1.165) is 18.8 Å². The molecule has 5 atom stereocenters. The predicted molar refractivity (Wildman–Crippen MR) is 49.0 cm³/mol. The van der Waals surface area contributed by atoms with Gasteiger partial charge in [-0.1, -0.05) is 6.92 Å². The molecule has 0 aromatic carbocycles. The quantitative estimate of drug-likeness (QED) is 0.690. The normalized spacial score (nSPS) is 53.8. The van der Waals surface area contributed by atoms with Crippen molar-refractivity contribution >= 4 is 5.97 Å². The minimum absolute atomic E-state index is 0.188. The molecule has 76 valence electrons. The Balaban J connectivity index is 1.82. The second-order valence-corrected chi connectivity index (χ2v) is 5.24. The minimum Gasteiger partial charge on any atom is -0.480 e. The summed E-state index contributed by atoms with van der Waals surface area (Å²) in [6, 6.07) is -0.356. The lowest BCUT2D eigenvalue weighted by Gasteiger charge is -2.28. The Kier molecular flexibility index (Phi) is 1.41. The number of carboxylic acids is 1. The summed E-state index contributed by atoms with van der Waals surface area (Å²) < 4.78 is 0. The first-order valence-corrected chi connectivity index (χ1v) is 5.23. The maximum Gasteiger partial charge on any atom is 0.330 e. The molecule has 2 fully saturated rings. The van der Waals surface area contributed by atoms with Crippen molar-refractivity contribution in [2.24, 2.45) is 27.5 Å². The van der Waals surface area contributed by atoms with Crippen molar-refractivity contribution in [2.75, 3.05) is 0 Å².